The number of carbonyl (C=O) groups excluding carboxylic acids is 1. The standard InChI is InChI=1S/C10H17N4O6P/c1-10(2)19-7(9(20-10)21(16,17)18-3)5-14-4-6(8(11)15)12-13-14/h4,7,9H,5H2,1-3H3,(H2,11,15)(H,16,17)/p-1/t7-,9-/m0/s1. The molecule has 0 aromatic carbocycles. The molecule has 2 N–H and O–H groups in total. The molecule has 11 heteroatoms. The number of hydrogen-bond donors (Lipinski definition) is 1. The third-order valence-electron chi connectivity index (χ3n) is 2.88. The fourth-order valence-electron chi connectivity index (χ4n) is 2.00. The molecule has 0 spiro atoms. The quantitative estimate of drug-likeness (QED) is 0.685. The molecule has 1 aromatic rings. The van der Waals surface area contributed by atoms with Crippen LogP contribution < -0.4 is 10.6 Å². The highest BCUT2D eigenvalue weighted by molar-refractivity contribution is 7.52. The third-order valence-corrected chi connectivity index (χ3v) is 4.45. The summed E-state index contributed by atoms with van der Waals surface area (Å²) in [6.07, 6.45) is 0.446. The van der Waals surface area contributed by atoms with Gasteiger partial charge in [0.25, 0.3) is 5.91 Å². The lowest BCUT2D eigenvalue weighted by molar-refractivity contribution is -0.211. The molecule has 1 aromatic heterocycles. The van der Waals surface area contributed by atoms with Crippen LogP contribution in [0.15, 0.2) is 6.20 Å². The van der Waals surface area contributed by atoms with E-state index in [9.17, 15) is 14.3 Å². The van der Waals surface area contributed by atoms with E-state index in [0.717, 1.165) is 7.11 Å². The Hall–Kier alpha value is -1.32. The molecule has 0 bridgehead atoms. The zero-order chi connectivity index (χ0) is 15.8. The van der Waals surface area contributed by atoms with Crippen LogP contribution in [0.3, 0.4) is 0 Å². The molecule has 1 aliphatic rings. The summed E-state index contributed by atoms with van der Waals surface area (Å²) >= 11 is 0. The van der Waals surface area contributed by atoms with E-state index < -0.39 is 31.2 Å². The van der Waals surface area contributed by atoms with Gasteiger partial charge in [0.1, 0.15) is 6.10 Å². The average Bonchev–Trinajstić information content (AvgIpc) is 2.94. The molecule has 1 unspecified atom stereocenters. The lowest BCUT2D eigenvalue weighted by Gasteiger charge is -2.29. The minimum absolute atomic E-state index is 0.0178. The molecule has 21 heavy (non-hydrogen) atoms. The Balaban J connectivity index is 2.19. The summed E-state index contributed by atoms with van der Waals surface area (Å²) in [5.74, 6) is -3.09. The Morgan fingerprint density at radius 3 is 2.81 bits per heavy atom. The highest BCUT2D eigenvalue weighted by Crippen LogP contribution is 2.50. The number of ether oxygens (including phenoxy) is 2. The first-order valence-corrected chi connectivity index (χ1v) is 7.68. The first-order valence-electron chi connectivity index (χ1n) is 6.06. The molecule has 1 amide bonds. The van der Waals surface area contributed by atoms with Gasteiger partial charge in [-0.3, -0.25) is 4.79 Å². The highest BCUT2D eigenvalue weighted by atomic mass is 31.2. The third kappa shape index (κ3) is 3.47. The van der Waals surface area contributed by atoms with Gasteiger partial charge in [0, 0.05) is 7.11 Å². The normalized spacial score (nSPS) is 27.4. The zero-order valence-corrected chi connectivity index (χ0v) is 12.6. The van der Waals surface area contributed by atoms with Crippen LogP contribution in [0.25, 0.3) is 0 Å². The van der Waals surface area contributed by atoms with Gasteiger partial charge in [-0.15, -0.1) is 5.10 Å². The number of primary amides is 1. The summed E-state index contributed by atoms with van der Waals surface area (Å²) in [7, 11) is -3.20. The van der Waals surface area contributed by atoms with Crippen LogP contribution in [0, 0.1) is 0 Å². The molecule has 1 saturated heterocycles. The van der Waals surface area contributed by atoms with Crippen LogP contribution in [-0.2, 0) is 25.1 Å². The molecule has 118 valence electrons. The van der Waals surface area contributed by atoms with Crippen molar-refractivity contribution in [3.05, 3.63) is 11.9 Å². The predicted octanol–water partition coefficient (Wildman–Crippen LogP) is -0.946. The maximum absolute atomic E-state index is 11.9. The Morgan fingerprint density at radius 2 is 2.29 bits per heavy atom. The molecule has 2 heterocycles. The van der Waals surface area contributed by atoms with Crippen molar-refractivity contribution in [2.24, 2.45) is 5.73 Å². The Kier molecular flexibility index (Phi) is 4.18. The topological polar surface area (TPSA) is 142 Å². The molecular formula is C10H16N4O6P-. The summed E-state index contributed by atoms with van der Waals surface area (Å²) in [6.45, 7) is 3.20. The van der Waals surface area contributed by atoms with Crippen molar-refractivity contribution in [1.82, 2.24) is 15.0 Å². The molecular weight excluding hydrogens is 303 g/mol. The van der Waals surface area contributed by atoms with E-state index in [2.05, 4.69) is 14.8 Å². The molecule has 10 nitrogen and oxygen atoms in total. The van der Waals surface area contributed by atoms with Gasteiger partial charge in [-0.1, -0.05) is 5.21 Å². The van der Waals surface area contributed by atoms with Crippen molar-refractivity contribution in [2.45, 2.75) is 38.1 Å². The first kappa shape index (κ1) is 16.1. The van der Waals surface area contributed by atoms with E-state index >= 15 is 0 Å². The molecule has 1 fully saturated rings. The molecule has 0 radical (unpaired) electrons. The van der Waals surface area contributed by atoms with Gasteiger partial charge in [0.2, 0.25) is 0 Å². The van der Waals surface area contributed by atoms with Crippen LogP contribution >= 0.6 is 7.60 Å². The van der Waals surface area contributed by atoms with Crippen molar-refractivity contribution in [2.75, 3.05) is 7.11 Å². The number of nitrogens with two attached hydrogens (primary N) is 1. The number of amides is 1. The van der Waals surface area contributed by atoms with E-state index in [-0.39, 0.29) is 12.2 Å². The van der Waals surface area contributed by atoms with Crippen LogP contribution in [-0.4, -0.2) is 45.7 Å². The van der Waals surface area contributed by atoms with Crippen LogP contribution in [0.5, 0.6) is 0 Å². The Bertz CT molecular complexity index is 588. The zero-order valence-electron chi connectivity index (χ0n) is 11.8. The van der Waals surface area contributed by atoms with E-state index in [4.69, 9.17) is 15.2 Å². The molecule has 0 saturated carbocycles. The fourth-order valence-corrected chi connectivity index (χ4v) is 3.15. The van der Waals surface area contributed by atoms with Gasteiger partial charge in [-0.2, -0.15) is 0 Å². The molecule has 0 aliphatic carbocycles. The summed E-state index contributed by atoms with van der Waals surface area (Å²) in [6, 6.07) is 0. The summed E-state index contributed by atoms with van der Waals surface area (Å²) in [5, 5.41) is 7.25. The Labute approximate surface area is 120 Å². The number of hydrogen-bond acceptors (Lipinski definition) is 8. The maximum atomic E-state index is 11.9. The second kappa shape index (κ2) is 5.47. The van der Waals surface area contributed by atoms with Crippen molar-refractivity contribution in [3.8, 4) is 0 Å². The largest absolute Gasteiger partial charge is 0.777 e. The van der Waals surface area contributed by atoms with Crippen molar-refractivity contribution >= 4 is 13.5 Å². The van der Waals surface area contributed by atoms with Gasteiger partial charge in [-0.05, 0) is 13.8 Å². The molecule has 1 aliphatic heterocycles. The van der Waals surface area contributed by atoms with Crippen LogP contribution in [0.1, 0.15) is 24.3 Å². The second-order valence-electron chi connectivity index (χ2n) is 4.98. The highest BCUT2D eigenvalue weighted by Gasteiger charge is 2.47. The second-order valence-corrected chi connectivity index (χ2v) is 6.93. The number of carbonyl (C=O) groups is 1. The predicted molar refractivity (Wildman–Crippen MR) is 67.0 cm³/mol. The monoisotopic (exact) mass is 319 g/mol. The van der Waals surface area contributed by atoms with Crippen LogP contribution in [0.2, 0.25) is 0 Å². The first-order chi connectivity index (χ1) is 9.64. The number of rotatable bonds is 5. The smallest absolute Gasteiger partial charge is 0.270 e. The van der Waals surface area contributed by atoms with Crippen molar-refractivity contribution in [1.29, 1.82) is 0 Å². The van der Waals surface area contributed by atoms with Crippen LogP contribution in [0.4, 0.5) is 0 Å². The van der Waals surface area contributed by atoms with Gasteiger partial charge >= 0.3 is 0 Å². The minimum Gasteiger partial charge on any atom is -0.777 e. The lowest BCUT2D eigenvalue weighted by atomic mass is 10.3. The molecule has 3 atom stereocenters. The van der Waals surface area contributed by atoms with E-state index in [0.29, 0.717) is 0 Å². The maximum Gasteiger partial charge on any atom is 0.270 e. The molecule has 2 rings (SSSR count). The lowest BCUT2D eigenvalue weighted by Crippen LogP contribution is -2.32. The average molecular weight is 319 g/mol. The van der Waals surface area contributed by atoms with Gasteiger partial charge < -0.3 is 29.2 Å². The SMILES string of the molecule is COP(=O)([O-])[C@@H]1OC(C)(C)O[C@H]1Cn1cc(C(N)=O)nn1. The fraction of sp³-hybridized carbons (Fsp3) is 0.700. The van der Waals surface area contributed by atoms with Gasteiger partial charge in [0.05, 0.1) is 12.7 Å². The van der Waals surface area contributed by atoms with Gasteiger partial charge in [-0.25, -0.2) is 4.68 Å². The Morgan fingerprint density at radius 1 is 1.62 bits per heavy atom. The summed E-state index contributed by atoms with van der Waals surface area (Å²) in [4.78, 5) is 22.8. The minimum atomic E-state index is -4.26. The van der Waals surface area contributed by atoms with E-state index in [1.165, 1.54) is 10.9 Å². The van der Waals surface area contributed by atoms with E-state index in [1.54, 1.807) is 13.8 Å². The number of aromatic nitrogens is 3. The summed E-state index contributed by atoms with van der Waals surface area (Å²) < 4.78 is 28.6. The van der Waals surface area contributed by atoms with Gasteiger partial charge in [0.15, 0.2) is 24.9 Å². The van der Waals surface area contributed by atoms with Crippen molar-refractivity contribution in [3.63, 3.8) is 0 Å². The van der Waals surface area contributed by atoms with Crippen molar-refractivity contribution < 1.29 is 28.3 Å². The number of nitrogens with zero attached hydrogens (tertiary/aromatic N) is 3. The van der Waals surface area contributed by atoms with E-state index in [1.807, 2.05) is 0 Å². The summed E-state index contributed by atoms with van der Waals surface area (Å²) in [5.41, 5.74) is 5.05.